The van der Waals surface area contributed by atoms with Crippen LogP contribution in [0.4, 0.5) is 4.79 Å². The Bertz CT molecular complexity index is 2860. The smallest absolute Gasteiger partial charge is 0.407 e. The number of carboxylic acid groups (broad SMARTS) is 1. The summed E-state index contributed by atoms with van der Waals surface area (Å²) in [6, 6.07) is 6.36. The molecule has 0 fully saturated rings. The number of carboxylic acids is 1. The van der Waals surface area contributed by atoms with Crippen molar-refractivity contribution in [3.05, 3.63) is 59.7 Å². The topological polar surface area (TPSA) is 382 Å². The minimum Gasteiger partial charge on any atom is -0.480 e. The monoisotopic (exact) mass is 1250 g/mol. The van der Waals surface area contributed by atoms with Gasteiger partial charge in [-0.2, -0.15) is 0 Å². The molecule has 0 bridgehead atoms. The molecule has 27 heteroatoms. The van der Waals surface area contributed by atoms with E-state index in [0.717, 1.165) is 22.3 Å². The second-order valence-electron chi connectivity index (χ2n) is 26.1. The second kappa shape index (κ2) is 32.5. The maximum Gasteiger partial charge on any atom is 0.407 e. The van der Waals surface area contributed by atoms with E-state index in [1.165, 1.54) is 20.8 Å². The van der Waals surface area contributed by atoms with Gasteiger partial charge >= 0.3 is 41.9 Å². The van der Waals surface area contributed by atoms with E-state index in [-0.39, 0.29) is 12.5 Å². The molecule has 5 atom stereocenters. The van der Waals surface area contributed by atoms with E-state index in [9.17, 15) is 67.4 Å². The van der Waals surface area contributed by atoms with Gasteiger partial charge in [-0.05, 0) is 145 Å². The quantitative estimate of drug-likeness (QED) is 0.0422. The molecule has 2 aromatic rings. The number of rotatable bonds is 29. The van der Waals surface area contributed by atoms with Crippen LogP contribution in [0.3, 0.4) is 0 Å². The first-order valence-corrected chi connectivity index (χ1v) is 29.2. The fraction of sp³-hybridized carbons (Fsp3) is 0.597. The van der Waals surface area contributed by atoms with Crippen LogP contribution in [0.15, 0.2) is 48.5 Å². The van der Waals surface area contributed by atoms with Crippen molar-refractivity contribution in [3.63, 3.8) is 0 Å². The predicted molar refractivity (Wildman–Crippen MR) is 320 cm³/mol. The van der Waals surface area contributed by atoms with Crippen LogP contribution in [-0.4, -0.2) is 160 Å². The van der Waals surface area contributed by atoms with Crippen LogP contribution in [-0.2, 0) is 86.0 Å². The van der Waals surface area contributed by atoms with Gasteiger partial charge in [-0.3, -0.25) is 57.5 Å². The third-order valence-electron chi connectivity index (χ3n) is 12.1. The average Bonchev–Trinajstić information content (AvgIpc) is 1.68. The highest BCUT2D eigenvalue weighted by atomic mass is 16.6. The van der Waals surface area contributed by atoms with Gasteiger partial charge in [-0.1, -0.05) is 48.5 Å². The molecule has 3 rings (SSSR count). The van der Waals surface area contributed by atoms with Gasteiger partial charge in [0.2, 0.25) is 35.4 Å². The number of esters is 5. The van der Waals surface area contributed by atoms with Crippen molar-refractivity contribution in [2.24, 2.45) is 0 Å². The number of alkyl carbamates (subject to hydrolysis) is 1. The molecule has 0 saturated carbocycles. The van der Waals surface area contributed by atoms with Crippen molar-refractivity contribution >= 4 is 77.4 Å². The number of amides is 7. The summed E-state index contributed by atoms with van der Waals surface area (Å²) in [5.41, 5.74) is -1.37. The number of benzene rings is 2. The fourth-order valence-corrected chi connectivity index (χ4v) is 8.71. The van der Waals surface area contributed by atoms with Gasteiger partial charge in [0.05, 0.1) is 19.4 Å². The zero-order chi connectivity index (χ0) is 67.4. The van der Waals surface area contributed by atoms with Crippen molar-refractivity contribution in [2.75, 3.05) is 19.7 Å². The van der Waals surface area contributed by atoms with Crippen LogP contribution >= 0.6 is 0 Å². The molecular formula is C62H89N7O20. The molecule has 492 valence electrons. The van der Waals surface area contributed by atoms with Gasteiger partial charge in [-0.25, -0.2) is 4.79 Å². The van der Waals surface area contributed by atoms with E-state index in [4.69, 9.17) is 28.4 Å². The highest BCUT2D eigenvalue weighted by Gasteiger charge is 2.37. The number of hydrogen-bond acceptors (Lipinski definition) is 19. The molecule has 2 aromatic carbocycles. The van der Waals surface area contributed by atoms with E-state index in [1.807, 2.05) is 48.5 Å². The molecule has 0 heterocycles. The molecule has 0 aliphatic heterocycles. The molecule has 1 aliphatic carbocycles. The highest BCUT2D eigenvalue weighted by Crippen LogP contribution is 2.44. The minimum atomic E-state index is -1.81. The molecule has 0 radical (unpaired) electrons. The molecule has 0 spiro atoms. The summed E-state index contributed by atoms with van der Waals surface area (Å²) in [4.78, 5) is 175. The van der Waals surface area contributed by atoms with E-state index >= 15 is 0 Å². The molecule has 8 N–H and O–H groups in total. The first-order valence-electron chi connectivity index (χ1n) is 29.2. The summed E-state index contributed by atoms with van der Waals surface area (Å²) >= 11 is 0. The zero-order valence-electron chi connectivity index (χ0n) is 53.6. The summed E-state index contributed by atoms with van der Waals surface area (Å²) in [5.74, 6) is -13.0. The number of hydrogen-bond donors (Lipinski definition) is 8. The van der Waals surface area contributed by atoms with E-state index in [0.29, 0.717) is 0 Å². The lowest BCUT2D eigenvalue weighted by atomic mass is 9.98. The van der Waals surface area contributed by atoms with Crippen LogP contribution in [0, 0.1) is 0 Å². The molecule has 7 amide bonds. The van der Waals surface area contributed by atoms with E-state index in [2.05, 4.69) is 37.2 Å². The second-order valence-corrected chi connectivity index (χ2v) is 26.1. The van der Waals surface area contributed by atoms with Crippen molar-refractivity contribution in [1.82, 2.24) is 37.2 Å². The maximum absolute atomic E-state index is 14.6. The standard InChI is InChI=1S/C62H89N7O20/c1-58(2,3)85-47(73)27-24-40(65-45(70)32-63-53(79)44(31-51(77)89-62(13,14)15)69-57(83)84-34-39-37-22-18-16-20-35(37)36-21-17-19-23-38(36)39)54(80)66-41(25-28-48(74)86-59(4,5)6)55(81)67-42(26-29-49(75)87-60(7,8)9)56(82)68-43(52(78)64-33-46(71)72)30-50(76)88-61(10,11)12/h16-23,39-44H,24-34H2,1-15H3,(H,63,79)(H,64,78)(H,65,70)(H,66,80)(H,67,81)(H,68,82)(H,69,83)(H,71,72)/t40-,41-,42-,43-,44-/m0/s1. The van der Waals surface area contributed by atoms with Gasteiger partial charge in [0.15, 0.2) is 0 Å². The third kappa shape index (κ3) is 28.8. The van der Waals surface area contributed by atoms with Gasteiger partial charge < -0.3 is 70.7 Å². The first kappa shape index (κ1) is 74.6. The fourth-order valence-electron chi connectivity index (χ4n) is 8.71. The first-order chi connectivity index (χ1) is 41.0. The lowest BCUT2D eigenvalue weighted by Gasteiger charge is -2.27. The van der Waals surface area contributed by atoms with Gasteiger partial charge in [0.1, 0.15) is 71.4 Å². The van der Waals surface area contributed by atoms with Crippen LogP contribution in [0.2, 0.25) is 0 Å². The molecular weight excluding hydrogens is 1160 g/mol. The molecule has 0 saturated heterocycles. The lowest BCUT2D eigenvalue weighted by Crippen LogP contribution is -2.59. The Balaban J connectivity index is 1.98. The Morgan fingerprint density at radius 2 is 0.719 bits per heavy atom. The minimum absolute atomic E-state index is 0.154. The normalized spacial score (nSPS) is 14.0. The maximum atomic E-state index is 14.6. The molecule has 27 nitrogen and oxygen atoms in total. The summed E-state index contributed by atoms with van der Waals surface area (Å²) in [5, 5.41) is 25.6. The zero-order valence-corrected chi connectivity index (χ0v) is 53.6. The van der Waals surface area contributed by atoms with Gasteiger partial charge in [0, 0.05) is 25.2 Å². The number of carbonyl (C=O) groups excluding carboxylic acids is 12. The number of aliphatic carboxylic acids is 1. The van der Waals surface area contributed by atoms with Crippen LogP contribution in [0.1, 0.15) is 172 Å². The van der Waals surface area contributed by atoms with Gasteiger partial charge in [-0.15, -0.1) is 0 Å². The largest absolute Gasteiger partial charge is 0.480 e. The van der Waals surface area contributed by atoms with E-state index < -0.39 is 200 Å². The lowest BCUT2D eigenvalue weighted by molar-refractivity contribution is -0.157. The van der Waals surface area contributed by atoms with Crippen molar-refractivity contribution in [2.45, 2.75) is 219 Å². The molecule has 1 aliphatic rings. The van der Waals surface area contributed by atoms with E-state index in [1.54, 1.807) is 83.1 Å². The van der Waals surface area contributed by atoms with Crippen molar-refractivity contribution < 1.29 is 95.9 Å². The Labute approximate surface area is 518 Å². The number of ether oxygens (including phenoxy) is 6. The molecule has 0 aromatic heterocycles. The predicted octanol–water partition coefficient (Wildman–Crippen LogP) is 3.98. The summed E-state index contributed by atoms with van der Waals surface area (Å²) in [7, 11) is 0. The Morgan fingerprint density at radius 3 is 1.08 bits per heavy atom. The summed E-state index contributed by atoms with van der Waals surface area (Å²) in [6.07, 6.45) is -5.86. The summed E-state index contributed by atoms with van der Waals surface area (Å²) in [6.45, 7) is 21.6. The van der Waals surface area contributed by atoms with Crippen LogP contribution in [0.5, 0.6) is 0 Å². The SMILES string of the molecule is CC(C)(C)OC(=O)CC[C@H](NC(=O)CNC(=O)[C@H](CC(=O)OC(C)(C)C)NC(=O)OCC1c2ccccc2-c2ccccc21)C(=O)N[C@@H](CCC(=O)OC(C)(C)C)C(=O)N[C@@H](CCC(=O)OC(C)(C)C)C(=O)N[C@@H](CC(=O)OC(C)(C)C)C(=O)NCC(=O)O. The average molecular weight is 1250 g/mol. The Hall–Kier alpha value is -8.65. The molecule has 89 heavy (non-hydrogen) atoms. The van der Waals surface area contributed by atoms with Gasteiger partial charge in [0.25, 0.3) is 0 Å². The third-order valence-corrected chi connectivity index (χ3v) is 12.1. The van der Waals surface area contributed by atoms with Crippen LogP contribution < -0.4 is 37.2 Å². The molecule has 0 unspecified atom stereocenters. The Morgan fingerprint density at radius 1 is 0.404 bits per heavy atom. The summed E-state index contributed by atoms with van der Waals surface area (Å²) < 4.78 is 32.6. The number of carbonyl (C=O) groups is 13. The highest BCUT2D eigenvalue weighted by molar-refractivity contribution is 5.98. The number of fused-ring (bicyclic) bond motifs is 3. The van der Waals surface area contributed by atoms with Crippen molar-refractivity contribution in [1.29, 1.82) is 0 Å². The van der Waals surface area contributed by atoms with Crippen LogP contribution in [0.25, 0.3) is 11.1 Å². The Kier molecular flexibility index (Phi) is 27.3. The van der Waals surface area contributed by atoms with Crippen molar-refractivity contribution in [3.8, 4) is 11.1 Å². The number of nitrogens with one attached hydrogen (secondary N) is 7.